The summed E-state index contributed by atoms with van der Waals surface area (Å²) in [4.78, 5) is 0. The van der Waals surface area contributed by atoms with Crippen LogP contribution in [0.4, 0.5) is 5.82 Å². The highest BCUT2D eigenvalue weighted by Crippen LogP contribution is 2.22. The number of nitrogen functional groups attached to an aromatic ring is 1. The Morgan fingerprint density at radius 1 is 1.12 bits per heavy atom. The molecule has 0 fully saturated rings. The molecule has 126 valence electrons. The molecule has 0 bridgehead atoms. The monoisotopic (exact) mass is 396 g/mol. The van der Waals surface area contributed by atoms with Crippen molar-refractivity contribution in [2.75, 3.05) is 12.8 Å². The molecule has 0 saturated carbocycles. The molecule has 3 rings (SSSR count). The van der Waals surface area contributed by atoms with Gasteiger partial charge in [-0.25, -0.2) is 4.68 Å². The van der Waals surface area contributed by atoms with Gasteiger partial charge in [0.25, 0.3) is 0 Å². The Labute approximate surface area is 154 Å². The van der Waals surface area contributed by atoms with Gasteiger partial charge in [-0.3, -0.25) is 0 Å². The quantitative estimate of drug-likeness (QED) is 0.712. The largest absolute Gasteiger partial charge is 0.497 e. The fourth-order valence-electron chi connectivity index (χ4n) is 2.59. The molecule has 0 radical (unpaired) electrons. The van der Waals surface area contributed by atoms with Gasteiger partial charge in [-0.15, -0.1) is 0 Å². The molecule has 1 aromatic heterocycles. The van der Waals surface area contributed by atoms with Gasteiger partial charge in [0.1, 0.15) is 23.2 Å². The number of aromatic nitrogens is 2. The maximum absolute atomic E-state index is 9.46. The third-order valence-electron chi connectivity index (χ3n) is 3.95. The minimum absolute atomic E-state index is 0.394. The van der Waals surface area contributed by atoms with Gasteiger partial charge in [-0.05, 0) is 35.4 Å². The molecular formula is C19H17BrN4O. The van der Waals surface area contributed by atoms with Crippen molar-refractivity contribution in [3.8, 4) is 11.8 Å². The lowest BCUT2D eigenvalue weighted by molar-refractivity contribution is 0.414. The zero-order chi connectivity index (χ0) is 17.8. The van der Waals surface area contributed by atoms with Gasteiger partial charge in [0, 0.05) is 10.9 Å². The summed E-state index contributed by atoms with van der Waals surface area (Å²) in [6.07, 6.45) is 0.565. The highest BCUT2D eigenvalue weighted by molar-refractivity contribution is 9.10. The van der Waals surface area contributed by atoms with Crippen molar-refractivity contribution in [2.45, 2.75) is 13.0 Å². The van der Waals surface area contributed by atoms with Crippen LogP contribution in [0.15, 0.2) is 53.0 Å². The number of nitrogens with zero attached hydrogens (tertiary/aromatic N) is 3. The number of methoxy groups -OCH3 is 1. The highest BCUT2D eigenvalue weighted by Gasteiger charge is 2.16. The van der Waals surface area contributed by atoms with Gasteiger partial charge in [0.2, 0.25) is 0 Å². The highest BCUT2D eigenvalue weighted by atomic mass is 79.9. The predicted octanol–water partition coefficient (Wildman–Crippen LogP) is 3.75. The summed E-state index contributed by atoms with van der Waals surface area (Å²) >= 11 is 3.42. The van der Waals surface area contributed by atoms with E-state index in [4.69, 9.17) is 10.5 Å². The smallest absolute Gasteiger partial charge is 0.140 e. The Balaban J connectivity index is 1.86. The third-order valence-corrected chi connectivity index (χ3v) is 4.48. The first-order valence-electron chi connectivity index (χ1n) is 7.73. The average molecular weight is 397 g/mol. The first-order chi connectivity index (χ1) is 12.1. The molecule has 0 aliphatic heterocycles. The molecule has 2 N–H and O–H groups in total. The van der Waals surface area contributed by atoms with Crippen molar-refractivity contribution in [1.82, 2.24) is 9.78 Å². The number of hydrogen-bond acceptors (Lipinski definition) is 4. The molecule has 6 heteroatoms. The van der Waals surface area contributed by atoms with E-state index in [-0.39, 0.29) is 0 Å². The molecule has 5 nitrogen and oxygen atoms in total. The van der Waals surface area contributed by atoms with Crippen molar-refractivity contribution in [3.05, 3.63) is 75.4 Å². The maximum atomic E-state index is 9.46. The number of anilines is 1. The summed E-state index contributed by atoms with van der Waals surface area (Å²) in [6, 6.07) is 17.8. The second-order valence-electron chi connectivity index (χ2n) is 5.63. The number of halogens is 1. The number of nitriles is 1. The molecule has 0 aliphatic carbocycles. The lowest BCUT2D eigenvalue weighted by Crippen LogP contribution is -2.06. The maximum Gasteiger partial charge on any atom is 0.140 e. The van der Waals surface area contributed by atoms with Crippen molar-refractivity contribution in [2.24, 2.45) is 0 Å². The molecular weight excluding hydrogens is 380 g/mol. The third kappa shape index (κ3) is 3.83. The van der Waals surface area contributed by atoms with E-state index >= 15 is 0 Å². The van der Waals surface area contributed by atoms with E-state index in [2.05, 4.69) is 27.1 Å². The van der Waals surface area contributed by atoms with Crippen LogP contribution in [0.2, 0.25) is 0 Å². The summed E-state index contributed by atoms with van der Waals surface area (Å²) < 4.78 is 7.86. The SMILES string of the molecule is COc1ccc(Cn2nc(Cc3ccc(Br)cc3)c(C#N)c2N)cc1. The molecule has 0 saturated heterocycles. The van der Waals surface area contributed by atoms with Gasteiger partial charge in [0.05, 0.1) is 19.3 Å². The minimum atomic E-state index is 0.394. The number of nitrogens with two attached hydrogens (primary N) is 1. The van der Waals surface area contributed by atoms with Gasteiger partial charge >= 0.3 is 0 Å². The van der Waals surface area contributed by atoms with E-state index in [0.717, 1.165) is 21.3 Å². The normalized spacial score (nSPS) is 10.4. The zero-order valence-corrected chi connectivity index (χ0v) is 15.3. The first-order valence-corrected chi connectivity index (χ1v) is 8.52. The molecule has 0 amide bonds. The Morgan fingerprint density at radius 2 is 1.76 bits per heavy atom. The summed E-state index contributed by atoms with van der Waals surface area (Å²) in [7, 11) is 1.63. The number of hydrogen-bond donors (Lipinski definition) is 1. The van der Waals surface area contributed by atoms with Crippen LogP contribution >= 0.6 is 15.9 Å². The molecule has 0 unspecified atom stereocenters. The fourth-order valence-corrected chi connectivity index (χ4v) is 2.86. The van der Waals surface area contributed by atoms with E-state index in [0.29, 0.717) is 30.0 Å². The van der Waals surface area contributed by atoms with E-state index in [1.165, 1.54) is 0 Å². The van der Waals surface area contributed by atoms with Gasteiger partial charge in [-0.2, -0.15) is 10.4 Å². The van der Waals surface area contributed by atoms with Crippen LogP contribution in [-0.2, 0) is 13.0 Å². The summed E-state index contributed by atoms with van der Waals surface area (Å²) in [5.41, 5.74) is 9.39. The van der Waals surface area contributed by atoms with Crippen LogP contribution in [0.25, 0.3) is 0 Å². The van der Waals surface area contributed by atoms with Crippen LogP contribution in [0.3, 0.4) is 0 Å². The molecule has 1 heterocycles. The zero-order valence-electron chi connectivity index (χ0n) is 13.7. The molecule has 0 aliphatic rings. The van der Waals surface area contributed by atoms with Crippen LogP contribution < -0.4 is 10.5 Å². The molecule has 25 heavy (non-hydrogen) atoms. The minimum Gasteiger partial charge on any atom is -0.497 e. The van der Waals surface area contributed by atoms with Crippen molar-refractivity contribution in [1.29, 1.82) is 5.26 Å². The lowest BCUT2D eigenvalue weighted by Gasteiger charge is -2.05. The first kappa shape index (κ1) is 17.1. The fraction of sp³-hybridized carbons (Fsp3) is 0.158. The van der Waals surface area contributed by atoms with E-state index < -0.39 is 0 Å². The van der Waals surface area contributed by atoms with E-state index in [1.807, 2.05) is 48.5 Å². The second-order valence-corrected chi connectivity index (χ2v) is 6.54. The summed E-state index contributed by atoms with van der Waals surface area (Å²) in [5, 5.41) is 14.0. The Hall–Kier alpha value is -2.78. The topological polar surface area (TPSA) is 76.9 Å². The Kier molecular flexibility index (Phi) is 5.05. The Bertz CT molecular complexity index is 908. The van der Waals surface area contributed by atoms with E-state index in [1.54, 1.807) is 11.8 Å². The van der Waals surface area contributed by atoms with Gasteiger partial charge < -0.3 is 10.5 Å². The van der Waals surface area contributed by atoms with Crippen molar-refractivity contribution < 1.29 is 4.74 Å². The molecule has 2 aromatic carbocycles. The predicted molar refractivity (Wildman–Crippen MR) is 100 cm³/mol. The molecule has 0 spiro atoms. The van der Waals surface area contributed by atoms with Crippen LogP contribution in [-0.4, -0.2) is 16.9 Å². The number of ether oxygens (including phenoxy) is 1. The summed E-state index contributed by atoms with van der Waals surface area (Å²) in [5.74, 6) is 1.19. The second kappa shape index (κ2) is 7.41. The van der Waals surface area contributed by atoms with E-state index in [9.17, 15) is 5.26 Å². The van der Waals surface area contributed by atoms with Crippen molar-refractivity contribution >= 4 is 21.7 Å². The standard InChI is InChI=1S/C19H17BrN4O/c1-25-16-8-4-14(5-9-16)12-24-19(22)17(11-21)18(23-24)10-13-2-6-15(20)7-3-13/h2-9H,10,12,22H2,1H3. The summed E-state index contributed by atoms with van der Waals surface area (Å²) in [6.45, 7) is 0.505. The molecule has 0 atom stereocenters. The van der Waals surface area contributed by atoms with Crippen LogP contribution in [0.5, 0.6) is 5.75 Å². The lowest BCUT2D eigenvalue weighted by atomic mass is 10.1. The number of rotatable bonds is 5. The average Bonchev–Trinajstić information content (AvgIpc) is 2.92. The molecule has 3 aromatic rings. The Morgan fingerprint density at radius 3 is 2.36 bits per heavy atom. The van der Waals surface area contributed by atoms with Gasteiger partial charge in [0.15, 0.2) is 0 Å². The number of benzene rings is 2. The van der Waals surface area contributed by atoms with Gasteiger partial charge in [-0.1, -0.05) is 40.2 Å². The van der Waals surface area contributed by atoms with Crippen LogP contribution in [0, 0.1) is 11.3 Å². The van der Waals surface area contributed by atoms with Crippen LogP contribution in [0.1, 0.15) is 22.4 Å². The van der Waals surface area contributed by atoms with Crippen molar-refractivity contribution in [3.63, 3.8) is 0 Å².